The van der Waals surface area contributed by atoms with Gasteiger partial charge in [0.15, 0.2) is 0 Å². The second kappa shape index (κ2) is 45.5. The van der Waals surface area contributed by atoms with Gasteiger partial charge in [-0.05, 0) is 188 Å². The summed E-state index contributed by atoms with van der Waals surface area (Å²) in [6.45, 7) is 36.4. The fourth-order valence-electron chi connectivity index (χ4n) is 17.3. The molecule has 13 aromatic rings. The Labute approximate surface area is 737 Å². The summed E-state index contributed by atoms with van der Waals surface area (Å²) >= 11 is 0. The molecular weight excluding hydrogens is 1540 g/mol. The van der Waals surface area contributed by atoms with Crippen molar-refractivity contribution in [3.8, 4) is 0 Å². The molecule has 14 rings (SSSR count). The predicted octanol–water partition coefficient (Wildman–Crippen LogP) is 22.8. The molecule has 0 saturated carbocycles. The summed E-state index contributed by atoms with van der Waals surface area (Å²) in [6, 6.07) is 80.8. The molecule has 15 nitrogen and oxygen atoms in total. The average Bonchev–Trinajstić information content (AvgIpc) is 0.967. The molecule has 652 valence electrons. The van der Waals surface area contributed by atoms with Gasteiger partial charge in [-0.15, -0.1) is 0 Å². The summed E-state index contributed by atoms with van der Waals surface area (Å²) in [5.41, 5.74) is 5.67. The Hall–Kier alpha value is -11.2. The van der Waals surface area contributed by atoms with Gasteiger partial charge in [0.05, 0.1) is 129 Å². The minimum Gasteiger partial charge on any atom is -0.456 e. The number of esters is 5. The highest BCUT2D eigenvalue weighted by Gasteiger charge is 2.30. The number of carbonyl (C=O) groups is 5. The predicted molar refractivity (Wildman–Crippen MR) is 515 cm³/mol. The highest BCUT2D eigenvalue weighted by Crippen LogP contribution is 2.35. The van der Waals surface area contributed by atoms with Crippen LogP contribution < -0.4 is 0 Å². The Morgan fingerprint density at radius 1 is 0.258 bits per heavy atom. The van der Waals surface area contributed by atoms with E-state index in [4.69, 9.17) is 23.7 Å². The molecule has 0 bridgehead atoms. The average molecular weight is 1680 g/mol. The van der Waals surface area contributed by atoms with Crippen molar-refractivity contribution in [3.05, 3.63) is 282 Å². The fourth-order valence-corrected chi connectivity index (χ4v) is 17.3. The maximum Gasteiger partial charge on any atom is 0.339 e. The summed E-state index contributed by atoms with van der Waals surface area (Å²) in [5.74, 6) is -1.09. The van der Waals surface area contributed by atoms with E-state index in [1.807, 2.05) is 194 Å². The van der Waals surface area contributed by atoms with Crippen LogP contribution in [0.3, 0.4) is 0 Å². The molecule has 0 saturated heterocycles. The van der Waals surface area contributed by atoms with Crippen molar-refractivity contribution in [2.45, 2.75) is 101 Å². The van der Waals surface area contributed by atoms with Gasteiger partial charge in [-0.25, -0.2) is 24.0 Å². The van der Waals surface area contributed by atoms with E-state index in [2.05, 4.69) is 159 Å². The third kappa shape index (κ3) is 24.9. The van der Waals surface area contributed by atoms with Crippen LogP contribution in [0.4, 0.5) is 0 Å². The lowest BCUT2D eigenvalue weighted by atomic mass is 9.97. The third-order valence-electron chi connectivity index (χ3n) is 24.8. The van der Waals surface area contributed by atoms with Crippen molar-refractivity contribution in [3.63, 3.8) is 0 Å². The van der Waals surface area contributed by atoms with Crippen LogP contribution in [0.25, 0.3) is 91.8 Å². The molecule has 0 heterocycles. The summed E-state index contributed by atoms with van der Waals surface area (Å²) < 4.78 is 33.0. The standard InChI is InChI=1S/C26H34NO2.C25H32NO2.C23H28NO2.C20H22NO2.C15H20NO2/c1-4-7-17-27(6-3,16-5-2)18-19-29-26(28)25-23-14-10-8-12-21(23)20-22-13-9-11-15-24(22)25;1-4-15-26(6-3,16-5-2)17-18-28-25(27)24-22-13-9-7-11-20(22)19-21-12-8-10-14-23(21)24;1-4-24(5-2,6-3)15-16-26-23(25)22-20-13-9-7-11-18(20)17-19-12-8-10-14-21(19)22;1-21(2,3)12-13-23-20(22)19-17-10-6-4-8-15(17)14-16-9-5-7-11-18(16)19;1-16(2,3)10-11-18-15(17)14-9-8-12-6-4-5-7-13(12)14/h8-15,20H,4-7,16-19H2,1-3H3;7-14,19H,4-6,15-18H2,1-3H3;7-14,17H,4-6,15-16H2,1-3H3;4-11,14H,12-13H2,1-3H3;4-7,9H,8,10-11H2,1-3H3/q5*+1. The first-order valence-corrected chi connectivity index (χ1v) is 45.3. The number of hydrogen-bond donors (Lipinski definition) is 0. The van der Waals surface area contributed by atoms with Crippen molar-refractivity contribution in [1.82, 2.24) is 0 Å². The Kier molecular flexibility index (Phi) is 34.9. The molecule has 15 heteroatoms. The zero-order valence-corrected chi connectivity index (χ0v) is 76.7. The van der Waals surface area contributed by atoms with Crippen molar-refractivity contribution in [1.29, 1.82) is 0 Å². The molecule has 0 spiro atoms. The van der Waals surface area contributed by atoms with Gasteiger partial charge in [-0.2, -0.15) is 0 Å². The molecule has 1 aliphatic rings. The first-order chi connectivity index (χ1) is 59.8. The van der Waals surface area contributed by atoms with Gasteiger partial charge in [0, 0.05) is 0 Å². The molecular formula is C109H136N5O10+5. The van der Waals surface area contributed by atoms with Gasteiger partial charge >= 0.3 is 29.8 Å². The maximum atomic E-state index is 13.2. The minimum atomic E-state index is -0.244. The van der Waals surface area contributed by atoms with Gasteiger partial charge in [0.25, 0.3) is 0 Å². The largest absolute Gasteiger partial charge is 0.456 e. The second-order valence-corrected chi connectivity index (χ2v) is 35.0. The lowest BCUT2D eigenvalue weighted by molar-refractivity contribution is -0.926. The summed E-state index contributed by atoms with van der Waals surface area (Å²) in [7, 11) is 12.5. The summed E-state index contributed by atoms with van der Waals surface area (Å²) in [6.07, 6.45) is 8.65. The first kappa shape index (κ1) is 95.1. The van der Waals surface area contributed by atoms with E-state index in [9.17, 15) is 24.0 Å². The molecule has 0 N–H and O–H groups in total. The van der Waals surface area contributed by atoms with Gasteiger partial charge in [-0.1, -0.05) is 259 Å². The molecule has 124 heavy (non-hydrogen) atoms. The van der Waals surface area contributed by atoms with E-state index in [1.54, 1.807) is 0 Å². The number of allylic oxidation sites excluding steroid dienone is 1. The number of quaternary nitrogens is 5. The van der Waals surface area contributed by atoms with E-state index in [-0.39, 0.29) is 29.8 Å². The number of fused-ring (bicyclic) bond motifs is 9. The van der Waals surface area contributed by atoms with Crippen LogP contribution in [-0.2, 0) is 34.9 Å². The molecule has 0 radical (unpaired) electrons. The monoisotopic (exact) mass is 1680 g/mol. The van der Waals surface area contributed by atoms with E-state index in [0.717, 1.165) is 231 Å². The Morgan fingerprint density at radius 3 is 0.750 bits per heavy atom. The van der Waals surface area contributed by atoms with Gasteiger partial charge < -0.3 is 46.1 Å². The van der Waals surface area contributed by atoms with Crippen molar-refractivity contribution in [2.24, 2.45) is 0 Å². The maximum absolute atomic E-state index is 13.2. The van der Waals surface area contributed by atoms with Crippen LogP contribution >= 0.6 is 0 Å². The molecule has 1 aliphatic carbocycles. The molecule has 0 amide bonds. The van der Waals surface area contributed by atoms with Gasteiger partial charge in [0.1, 0.15) is 65.8 Å². The van der Waals surface area contributed by atoms with E-state index in [1.165, 1.54) is 18.4 Å². The number of unbranched alkanes of at least 4 members (excludes halogenated alkanes) is 1. The van der Waals surface area contributed by atoms with Crippen LogP contribution in [-0.4, -0.2) is 219 Å². The van der Waals surface area contributed by atoms with E-state index >= 15 is 0 Å². The summed E-state index contributed by atoms with van der Waals surface area (Å²) in [4.78, 5) is 64.0. The zero-order valence-electron chi connectivity index (χ0n) is 76.7. The van der Waals surface area contributed by atoms with Crippen molar-refractivity contribution >= 4 is 122 Å². The van der Waals surface area contributed by atoms with E-state index < -0.39 is 0 Å². The Morgan fingerprint density at radius 2 is 0.492 bits per heavy atom. The quantitative estimate of drug-likeness (QED) is 0.0166. The number of ether oxygens (including phenoxy) is 5. The Bertz CT molecular complexity index is 5570. The molecule has 0 fully saturated rings. The molecule has 0 aromatic heterocycles. The molecule has 1 atom stereocenters. The SMILES string of the molecule is CCCC[N+](CC)(CCC)CCOC(=O)c1c2ccccc2cc2ccccc12.CCC[N+](CC)(CCC)CCOC(=O)c1c2ccccc2cc2ccccc12.CC[N+](CC)(CC)CCOC(=O)c1c2ccccc2cc2ccccc12.C[N+](C)(C)CCOC(=O)C1=CCc2ccccc21.C[N+](C)(C)CCOC(=O)c1c2ccccc2cc2ccccc12. The van der Waals surface area contributed by atoms with Crippen LogP contribution in [0.15, 0.2) is 249 Å². The number of rotatable bonds is 34. The Balaban J connectivity index is 0.000000163. The lowest BCUT2D eigenvalue weighted by Crippen LogP contribution is -2.51. The minimum absolute atomic E-state index is 0.201. The number of likely N-dealkylation sites (N-methyl/N-ethyl adjacent to an activating group) is 5. The number of carbonyl (C=O) groups excluding carboxylic acids is 5. The third-order valence-corrected chi connectivity index (χ3v) is 24.8. The van der Waals surface area contributed by atoms with Crippen LogP contribution in [0.5, 0.6) is 0 Å². The van der Waals surface area contributed by atoms with Crippen LogP contribution in [0.2, 0.25) is 0 Å². The molecule has 13 aromatic carbocycles. The first-order valence-electron chi connectivity index (χ1n) is 45.3. The second-order valence-electron chi connectivity index (χ2n) is 35.0. The normalized spacial score (nSPS) is 12.5. The van der Waals surface area contributed by atoms with Gasteiger partial charge in [0.2, 0.25) is 0 Å². The lowest BCUT2D eigenvalue weighted by Gasteiger charge is -2.37. The fraction of sp³-hybridized carbons (Fsp3) is 0.367. The highest BCUT2D eigenvalue weighted by atomic mass is 16.5. The van der Waals surface area contributed by atoms with Gasteiger partial charge in [-0.3, -0.25) is 0 Å². The molecule has 1 unspecified atom stereocenters. The number of benzene rings is 13. The van der Waals surface area contributed by atoms with E-state index in [0.29, 0.717) is 60.9 Å². The summed E-state index contributed by atoms with van der Waals surface area (Å²) in [5, 5.41) is 16.2. The number of hydrogen-bond acceptors (Lipinski definition) is 10. The topological polar surface area (TPSA) is 132 Å². The smallest absolute Gasteiger partial charge is 0.339 e. The zero-order chi connectivity index (χ0) is 88.9. The van der Waals surface area contributed by atoms with Crippen molar-refractivity contribution < 1.29 is 70.1 Å². The van der Waals surface area contributed by atoms with Crippen LogP contribution in [0, 0.1) is 0 Å². The molecule has 0 aliphatic heterocycles. The number of nitrogens with zero attached hydrogens (tertiary/aromatic N) is 5. The van der Waals surface area contributed by atoms with Crippen LogP contribution in [0.1, 0.15) is 147 Å². The highest BCUT2D eigenvalue weighted by molar-refractivity contribution is 6.20. The van der Waals surface area contributed by atoms with Crippen molar-refractivity contribution in [2.75, 3.05) is 167 Å².